The van der Waals surface area contributed by atoms with E-state index in [-0.39, 0.29) is 5.56 Å². The van der Waals surface area contributed by atoms with Crippen molar-refractivity contribution in [1.29, 1.82) is 0 Å². The van der Waals surface area contributed by atoms with Gasteiger partial charge >= 0.3 is 5.97 Å². The molecule has 0 aliphatic carbocycles. The summed E-state index contributed by atoms with van der Waals surface area (Å²) in [5.41, 5.74) is 1.36. The van der Waals surface area contributed by atoms with Gasteiger partial charge in [-0.2, -0.15) is 0 Å². The Labute approximate surface area is 125 Å². The van der Waals surface area contributed by atoms with Gasteiger partial charge in [0.05, 0.1) is 0 Å². The third-order valence-corrected chi connectivity index (χ3v) is 3.28. The zero-order valence-electron chi connectivity index (χ0n) is 10.1. The van der Waals surface area contributed by atoms with Crippen LogP contribution in [0.2, 0.25) is 10.0 Å². The van der Waals surface area contributed by atoms with Crippen LogP contribution in [0, 0.1) is 5.82 Å². The molecule has 0 heterocycles. The highest BCUT2D eigenvalue weighted by molar-refractivity contribution is 6.39. The molecule has 0 atom stereocenters. The molecule has 0 spiro atoms. The van der Waals surface area contributed by atoms with Gasteiger partial charge in [0.2, 0.25) is 0 Å². The van der Waals surface area contributed by atoms with Crippen molar-refractivity contribution in [2.75, 3.05) is 0 Å². The van der Waals surface area contributed by atoms with Crippen LogP contribution in [0.15, 0.2) is 42.5 Å². The number of rotatable bonds is 3. The Balaban J connectivity index is 2.54. The summed E-state index contributed by atoms with van der Waals surface area (Å²) in [5, 5.41) is 9.47. The lowest BCUT2D eigenvalue weighted by molar-refractivity contribution is -0.131. The first-order valence-electron chi connectivity index (χ1n) is 5.64. The van der Waals surface area contributed by atoms with Gasteiger partial charge in [0.25, 0.3) is 0 Å². The molecule has 0 amide bonds. The molecule has 20 heavy (non-hydrogen) atoms. The van der Waals surface area contributed by atoms with E-state index >= 15 is 0 Å². The molecule has 2 nitrogen and oxygen atoms in total. The molecular formula is C15H9Cl2FO2. The highest BCUT2D eigenvalue weighted by Gasteiger charge is 2.10. The maximum Gasteiger partial charge on any atom is 0.328 e. The molecular weight excluding hydrogens is 302 g/mol. The lowest BCUT2D eigenvalue weighted by atomic mass is 10.0. The Morgan fingerprint density at radius 3 is 2.40 bits per heavy atom. The topological polar surface area (TPSA) is 37.3 Å². The number of benzene rings is 2. The van der Waals surface area contributed by atoms with Crippen molar-refractivity contribution in [3.63, 3.8) is 0 Å². The van der Waals surface area contributed by atoms with E-state index in [0.717, 1.165) is 6.08 Å². The number of carboxylic acid groups (broad SMARTS) is 1. The molecule has 0 bridgehead atoms. The summed E-state index contributed by atoms with van der Waals surface area (Å²) in [6.45, 7) is 0. The molecule has 0 unspecified atom stereocenters. The Morgan fingerprint density at radius 2 is 1.80 bits per heavy atom. The van der Waals surface area contributed by atoms with Crippen LogP contribution in [-0.2, 0) is 4.79 Å². The number of halogens is 3. The smallest absolute Gasteiger partial charge is 0.328 e. The summed E-state index contributed by atoms with van der Waals surface area (Å²) >= 11 is 12.2. The van der Waals surface area contributed by atoms with Crippen LogP contribution in [0.5, 0.6) is 0 Å². The van der Waals surface area contributed by atoms with Crippen LogP contribution in [0.1, 0.15) is 5.56 Å². The summed E-state index contributed by atoms with van der Waals surface area (Å²) in [7, 11) is 0. The van der Waals surface area contributed by atoms with Gasteiger partial charge in [-0.15, -0.1) is 0 Å². The predicted molar refractivity (Wildman–Crippen MR) is 78.5 cm³/mol. The van der Waals surface area contributed by atoms with Gasteiger partial charge < -0.3 is 5.11 Å². The van der Waals surface area contributed by atoms with Crippen molar-refractivity contribution < 1.29 is 14.3 Å². The van der Waals surface area contributed by atoms with Crippen LogP contribution < -0.4 is 0 Å². The largest absolute Gasteiger partial charge is 0.478 e. The third-order valence-electron chi connectivity index (χ3n) is 2.65. The molecule has 2 aromatic carbocycles. The van der Waals surface area contributed by atoms with Crippen molar-refractivity contribution in [2.45, 2.75) is 0 Å². The molecule has 102 valence electrons. The van der Waals surface area contributed by atoms with Crippen molar-refractivity contribution in [2.24, 2.45) is 0 Å². The fraction of sp³-hybridized carbons (Fsp3) is 0. The van der Waals surface area contributed by atoms with Crippen LogP contribution >= 0.6 is 23.2 Å². The average Bonchev–Trinajstić information content (AvgIpc) is 2.38. The number of carboxylic acids is 1. The SMILES string of the molecule is O=C(O)/C=C/c1cc(-c2c(Cl)cccc2Cl)ccc1F. The van der Waals surface area contributed by atoms with Crippen molar-refractivity contribution >= 4 is 35.2 Å². The second kappa shape index (κ2) is 6.07. The van der Waals surface area contributed by atoms with Gasteiger partial charge in [0.15, 0.2) is 0 Å². The van der Waals surface area contributed by atoms with Gasteiger partial charge in [-0.25, -0.2) is 9.18 Å². The van der Waals surface area contributed by atoms with Gasteiger partial charge in [-0.05, 0) is 35.9 Å². The van der Waals surface area contributed by atoms with Gasteiger partial charge in [-0.3, -0.25) is 0 Å². The molecule has 0 saturated heterocycles. The maximum absolute atomic E-state index is 13.6. The third kappa shape index (κ3) is 3.18. The Morgan fingerprint density at radius 1 is 1.15 bits per heavy atom. The van der Waals surface area contributed by atoms with E-state index < -0.39 is 11.8 Å². The molecule has 0 saturated carbocycles. The molecule has 2 rings (SSSR count). The van der Waals surface area contributed by atoms with E-state index in [2.05, 4.69) is 0 Å². The fourth-order valence-corrected chi connectivity index (χ4v) is 2.38. The first-order valence-corrected chi connectivity index (χ1v) is 6.39. The normalized spacial score (nSPS) is 10.9. The van der Waals surface area contributed by atoms with Gasteiger partial charge in [-0.1, -0.05) is 35.3 Å². The molecule has 0 aliphatic heterocycles. The molecule has 2 aromatic rings. The first-order chi connectivity index (χ1) is 9.49. The summed E-state index contributed by atoms with van der Waals surface area (Å²) < 4.78 is 13.6. The highest BCUT2D eigenvalue weighted by atomic mass is 35.5. The Bertz CT molecular complexity index is 676. The van der Waals surface area contributed by atoms with E-state index in [0.29, 0.717) is 21.2 Å². The van der Waals surface area contributed by atoms with E-state index in [1.54, 1.807) is 24.3 Å². The number of hydrogen-bond donors (Lipinski definition) is 1. The van der Waals surface area contributed by atoms with E-state index in [1.807, 2.05) is 0 Å². The lowest BCUT2D eigenvalue weighted by Crippen LogP contribution is -1.89. The molecule has 0 fully saturated rings. The van der Waals surface area contributed by atoms with Crippen LogP contribution in [0.3, 0.4) is 0 Å². The van der Waals surface area contributed by atoms with Gasteiger partial charge in [0.1, 0.15) is 5.82 Å². The number of hydrogen-bond acceptors (Lipinski definition) is 1. The Kier molecular flexibility index (Phi) is 4.42. The van der Waals surface area contributed by atoms with Crippen molar-refractivity contribution in [3.05, 3.63) is 63.9 Å². The zero-order valence-corrected chi connectivity index (χ0v) is 11.6. The quantitative estimate of drug-likeness (QED) is 0.819. The van der Waals surface area contributed by atoms with Crippen molar-refractivity contribution in [1.82, 2.24) is 0 Å². The van der Waals surface area contributed by atoms with E-state index in [4.69, 9.17) is 28.3 Å². The fourth-order valence-electron chi connectivity index (χ4n) is 1.76. The highest BCUT2D eigenvalue weighted by Crippen LogP contribution is 2.35. The van der Waals surface area contributed by atoms with E-state index in [9.17, 15) is 9.18 Å². The van der Waals surface area contributed by atoms with Crippen molar-refractivity contribution in [3.8, 4) is 11.1 Å². The predicted octanol–water partition coefficient (Wildman–Crippen LogP) is 4.90. The minimum atomic E-state index is -1.15. The summed E-state index contributed by atoms with van der Waals surface area (Å²) in [5.74, 6) is -1.67. The molecule has 0 aliphatic rings. The summed E-state index contributed by atoms with van der Waals surface area (Å²) in [4.78, 5) is 10.5. The standard InChI is InChI=1S/C15H9Cl2FO2/c16-11-2-1-3-12(17)15(11)10-4-6-13(18)9(8-10)5-7-14(19)20/h1-8H,(H,19,20)/b7-5+. The molecule has 0 radical (unpaired) electrons. The first kappa shape index (κ1) is 14.6. The van der Waals surface area contributed by atoms with Crippen LogP contribution in [0.4, 0.5) is 4.39 Å². The minimum Gasteiger partial charge on any atom is -0.478 e. The molecule has 1 N–H and O–H groups in total. The van der Waals surface area contributed by atoms with E-state index in [1.165, 1.54) is 18.2 Å². The molecule has 0 aromatic heterocycles. The monoisotopic (exact) mass is 310 g/mol. The zero-order chi connectivity index (χ0) is 14.7. The van der Waals surface area contributed by atoms with Crippen LogP contribution in [0.25, 0.3) is 17.2 Å². The summed E-state index contributed by atoms with van der Waals surface area (Å²) in [6, 6.07) is 9.36. The minimum absolute atomic E-state index is 0.154. The number of carbonyl (C=O) groups is 1. The second-order valence-electron chi connectivity index (χ2n) is 4.00. The number of aliphatic carboxylic acids is 1. The second-order valence-corrected chi connectivity index (χ2v) is 4.82. The molecule has 5 heteroatoms. The Hall–Kier alpha value is -1.84. The van der Waals surface area contributed by atoms with Gasteiger partial charge in [0, 0.05) is 27.2 Å². The summed E-state index contributed by atoms with van der Waals surface area (Å²) in [6.07, 6.45) is 2.06. The van der Waals surface area contributed by atoms with Crippen LogP contribution in [-0.4, -0.2) is 11.1 Å². The maximum atomic E-state index is 13.6. The lowest BCUT2D eigenvalue weighted by Gasteiger charge is -2.08. The average molecular weight is 311 g/mol.